The average Bonchev–Trinajstić information content (AvgIpc) is 2.44. The van der Waals surface area contributed by atoms with E-state index in [1.54, 1.807) is 7.11 Å². The van der Waals surface area contributed by atoms with Crippen LogP contribution in [0.2, 0.25) is 0 Å². The number of hydrogen-bond acceptors (Lipinski definition) is 2. The maximum Gasteiger partial charge on any atom is 0.118 e. The molecular formula is C17H29NO. The molecule has 0 fully saturated rings. The van der Waals surface area contributed by atoms with E-state index >= 15 is 0 Å². The van der Waals surface area contributed by atoms with Crippen LogP contribution in [0.3, 0.4) is 0 Å². The molecule has 1 rings (SSSR count). The lowest BCUT2D eigenvalue weighted by molar-refractivity contribution is 0.414. The van der Waals surface area contributed by atoms with Gasteiger partial charge in [0.15, 0.2) is 0 Å². The van der Waals surface area contributed by atoms with Gasteiger partial charge in [-0.2, -0.15) is 0 Å². The van der Waals surface area contributed by atoms with Gasteiger partial charge in [0.2, 0.25) is 0 Å². The molecule has 1 aromatic carbocycles. The van der Waals surface area contributed by atoms with Gasteiger partial charge in [0, 0.05) is 6.04 Å². The third-order valence-corrected chi connectivity index (χ3v) is 3.54. The molecule has 0 aliphatic carbocycles. The predicted molar refractivity (Wildman–Crippen MR) is 82.9 cm³/mol. The van der Waals surface area contributed by atoms with Crippen molar-refractivity contribution in [3.05, 3.63) is 29.8 Å². The van der Waals surface area contributed by atoms with Gasteiger partial charge < -0.3 is 10.1 Å². The molecule has 1 aromatic rings. The van der Waals surface area contributed by atoms with Crippen LogP contribution in [-0.2, 0) is 6.42 Å². The highest BCUT2D eigenvalue weighted by Crippen LogP contribution is 2.15. The quantitative estimate of drug-likeness (QED) is 0.639. The number of unbranched alkanes of at least 4 members (excludes halogenated alkanes) is 3. The van der Waals surface area contributed by atoms with Gasteiger partial charge in [-0.25, -0.2) is 0 Å². The molecule has 1 N–H and O–H groups in total. The molecule has 2 nitrogen and oxygen atoms in total. The Balaban J connectivity index is 2.42. The van der Waals surface area contributed by atoms with Crippen LogP contribution in [-0.4, -0.2) is 19.7 Å². The van der Waals surface area contributed by atoms with E-state index in [-0.39, 0.29) is 0 Å². The number of ether oxygens (including phenoxy) is 1. The summed E-state index contributed by atoms with van der Waals surface area (Å²) in [6.45, 7) is 5.50. The van der Waals surface area contributed by atoms with Crippen molar-refractivity contribution < 1.29 is 4.74 Å². The molecule has 1 unspecified atom stereocenters. The first-order valence-electron chi connectivity index (χ1n) is 7.66. The van der Waals surface area contributed by atoms with Crippen LogP contribution in [0.4, 0.5) is 0 Å². The van der Waals surface area contributed by atoms with Crippen molar-refractivity contribution in [2.75, 3.05) is 13.7 Å². The molecule has 0 spiro atoms. The second-order valence-electron chi connectivity index (χ2n) is 5.16. The smallest absolute Gasteiger partial charge is 0.118 e. The second kappa shape index (κ2) is 9.85. The molecule has 1 atom stereocenters. The third kappa shape index (κ3) is 6.63. The third-order valence-electron chi connectivity index (χ3n) is 3.54. The monoisotopic (exact) mass is 263 g/mol. The first-order chi connectivity index (χ1) is 9.30. The summed E-state index contributed by atoms with van der Waals surface area (Å²) in [4.78, 5) is 0. The highest BCUT2D eigenvalue weighted by Gasteiger charge is 2.08. The molecule has 0 aromatic heterocycles. The molecule has 0 radical (unpaired) electrons. The van der Waals surface area contributed by atoms with E-state index in [9.17, 15) is 0 Å². The van der Waals surface area contributed by atoms with Gasteiger partial charge in [-0.3, -0.25) is 0 Å². The SMILES string of the molecule is CCCCCCC(Cc1ccc(OC)cc1)NCC. The fourth-order valence-electron chi connectivity index (χ4n) is 2.43. The van der Waals surface area contributed by atoms with Crippen LogP contribution in [0.1, 0.15) is 51.5 Å². The maximum absolute atomic E-state index is 5.20. The van der Waals surface area contributed by atoms with Gasteiger partial charge in [0.25, 0.3) is 0 Å². The largest absolute Gasteiger partial charge is 0.497 e. The lowest BCUT2D eigenvalue weighted by Crippen LogP contribution is -2.30. The zero-order chi connectivity index (χ0) is 13.9. The average molecular weight is 263 g/mol. The van der Waals surface area contributed by atoms with Crippen LogP contribution in [0.25, 0.3) is 0 Å². The maximum atomic E-state index is 5.20. The fraction of sp³-hybridized carbons (Fsp3) is 0.647. The van der Waals surface area contributed by atoms with Crippen molar-refractivity contribution >= 4 is 0 Å². The van der Waals surface area contributed by atoms with Gasteiger partial charge in [-0.05, 0) is 37.1 Å². The van der Waals surface area contributed by atoms with E-state index in [2.05, 4.69) is 43.4 Å². The molecule has 0 aliphatic rings. The summed E-state index contributed by atoms with van der Waals surface area (Å²) in [6, 6.07) is 9.06. The Kier molecular flexibility index (Phi) is 8.31. The van der Waals surface area contributed by atoms with E-state index in [1.807, 2.05) is 0 Å². The minimum Gasteiger partial charge on any atom is -0.497 e. The summed E-state index contributed by atoms with van der Waals surface area (Å²) in [5.74, 6) is 0.937. The molecule has 0 saturated heterocycles. The van der Waals surface area contributed by atoms with Crippen molar-refractivity contribution in [3.63, 3.8) is 0 Å². The van der Waals surface area contributed by atoms with E-state index in [4.69, 9.17) is 4.74 Å². The summed E-state index contributed by atoms with van der Waals surface area (Å²) in [7, 11) is 1.71. The topological polar surface area (TPSA) is 21.3 Å². The van der Waals surface area contributed by atoms with E-state index in [0.717, 1.165) is 18.7 Å². The number of likely N-dealkylation sites (N-methyl/N-ethyl adjacent to an activating group) is 1. The minimum atomic E-state index is 0.607. The van der Waals surface area contributed by atoms with Crippen molar-refractivity contribution in [3.8, 4) is 5.75 Å². The highest BCUT2D eigenvalue weighted by atomic mass is 16.5. The molecule has 0 aliphatic heterocycles. The van der Waals surface area contributed by atoms with Crippen LogP contribution < -0.4 is 10.1 Å². The van der Waals surface area contributed by atoms with Crippen molar-refractivity contribution in [2.45, 2.75) is 58.4 Å². The fourth-order valence-corrected chi connectivity index (χ4v) is 2.43. The standard InChI is InChI=1S/C17H29NO/c1-4-6-7-8-9-16(18-5-2)14-15-10-12-17(19-3)13-11-15/h10-13,16,18H,4-9,14H2,1-3H3. The van der Waals surface area contributed by atoms with Gasteiger partial charge in [0.1, 0.15) is 5.75 Å². The normalized spacial score (nSPS) is 12.4. The van der Waals surface area contributed by atoms with Crippen LogP contribution in [0, 0.1) is 0 Å². The van der Waals surface area contributed by atoms with E-state index in [1.165, 1.54) is 37.7 Å². The Hall–Kier alpha value is -1.02. The Bertz CT molecular complexity index is 321. The summed E-state index contributed by atoms with van der Waals surface area (Å²) in [5, 5.41) is 3.61. The number of methoxy groups -OCH3 is 1. The van der Waals surface area contributed by atoms with Gasteiger partial charge >= 0.3 is 0 Å². The Morgan fingerprint density at radius 1 is 1.05 bits per heavy atom. The Morgan fingerprint density at radius 3 is 2.37 bits per heavy atom. The molecule has 0 amide bonds. The zero-order valence-electron chi connectivity index (χ0n) is 12.7. The molecule has 108 valence electrons. The van der Waals surface area contributed by atoms with Crippen LogP contribution in [0.15, 0.2) is 24.3 Å². The Morgan fingerprint density at radius 2 is 1.79 bits per heavy atom. The van der Waals surface area contributed by atoms with Crippen molar-refractivity contribution in [1.82, 2.24) is 5.32 Å². The summed E-state index contributed by atoms with van der Waals surface area (Å²) >= 11 is 0. The highest BCUT2D eigenvalue weighted by molar-refractivity contribution is 5.27. The molecule has 0 bridgehead atoms. The Labute approximate surface area is 118 Å². The lowest BCUT2D eigenvalue weighted by atomic mass is 10.00. The molecule has 0 saturated carbocycles. The summed E-state index contributed by atoms with van der Waals surface area (Å²) < 4.78 is 5.20. The number of benzene rings is 1. The molecule has 0 heterocycles. The van der Waals surface area contributed by atoms with Gasteiger partial charge in [0.05, 0.1) is 7.11 Å². The van der Waals surface area contributed by atoms with E-state index < -0.39 is 0 Å². The lowest BCUT2D eigenvalue weighted by Gasteiger charge is -2.18. The number of rotatable bonds is 10. The minimum absolute atomic E-state index is 0.607. The number of hydrogen-bond donors (Lipinski definition) is 1. The number of nitrogens with one attached hydrogen (secondary N) is 1. The van der Waals surface area contributed by atoms with E-state index in [0.29, 0.717) is 6.04 Å². The van der Waals surface area contributed by atoms with Crippen molar-refractivity contribution in [1.29, 1.82) is 0 Å². The summed E-state index contributed by atoms with van der Waals surface area (Å²) in [5.41, 5.74) is 1.39. The predicted octanol–water partition coefficient (Wildman–Crippen LogP) is 4.19. The van der Waals surface area contributed by atoms with Crippen LogP contribution in [0.5, 0.6) is 5.75 Å². The zero-order valence-corrected chi connectivity index (χ0v) is 12.7. The first kappa shape index (κ1) is 16.0. The second-order valence-corrected chi connectivity index (χ2v) is 5.16. The first-order valence-corrected chi connectivity index (χ1v) is 7.66. The molecule has 2 heteroatoms. The molecule has 19 heavy (non-hydrogen) atoms. The van der Waals surface area contributed by atoms with Crippen LogP contribution >= 0.6 is 0 Å². The van der Waals surface area contributed by atoms with Crippen molar-refractivity contribution in [2.24, 2.45) is 0 Å². The van der Waals surface area contributed by atoms with Gasteiger partial charge in [-0.15, -0.1) is 0 Å². The molecular weight excluding hydrogens is 234 g/mol. The summed E-state index contributed by atoms with van der Waals surface area (Å²) in [6.07, 6.45) is 7.76. The van der Waals surface area contributed by atoms with Gasteiger partial charge in [-0.1, -0.05) is 51.7 Å².